The number of benzene rings is 3. The van der Waals surface area contributed by atoms with Crippen LogP contribution in [0.3, 0.4) is 0 Å². The topological polar surface area (TPSA) is 65.1 Å². The predicted octanol–water partition coefficient (Wildman–Crippen LogP) is 4.32. The Morgan fingerprint density at radius 2 is 1.41 bits per heavy atom. The first-order valence-corrected chi connectivity index (χ1v) is 10.4. The van der Waals surface area contributed by atoms with Crippen molar-refractivity contribution in [3.63, 3.8) is 0 Å². The number of sulfonamides is 1. The Balaban J connectivity index is 1.74. The number of methoxy groups -OCH3 is 2. The van der Waals surface area contributed by atoms with E-state index in [9.17, 15) is 8.42 Å². The van der Waals surface area contributed by atoms with Crippen LogP contribution in [0.5, 0.6) is 23.0 Å². The summed E-state index contributed by atoms with van der Waals surface area (Å²) in [5, 5.41) is 0. The van der Waals surface area contributed by atoms with Gasteiger partial charge in [0.1, 0.15) is 11.5 Å². The van der Waals surface area contributed by atoms with E-state index in [4.69, 9.17) is 14.2 Å². The van der Waals surface area contributed by atoms with E-state index in [0.717, 1.165) is 5.56 Å². The lowest BCUT2D eigenvalue weighted by Crippen LogP contribution is -2.26. The average molecular weight is 413 g/mol. The largest absolute Gasteiger partial charge is 0.493 e. The molecule has 0 aromatic heterocycles. The smallest absolute Gasteiger partial charge is 0.243 e. The summed E-state index contributed by atoms with van der Waals surface area (Å²) in [4.78, 5) is 0.195. The zero-order chi connectivity index (χ0) is 20.9. The molecule has 29 heavy (non-hydrogen) atoms. The van der Waals surface area contributed by atoms with Crippen molar-refractivity contribution in [1.82, 2.24) is 4.31 Å². The van der Waals surface area contributed by atoms with E-state index in [0.29, 0.717) is 23.0 Å². The van der Waals surface area contributed by atoms with Crippen LogP contribution in [0.25, 0.3) is 0 Å². The standard InChI is InChI=1S/C22H23NO5S/c1-23(16-17-9-14-21(26-2)22(15-17)27-3)29(24,25)20-12-10-19(11-13-20)28-18-7-5-4-6-8-18/h4-15H,16H2,1-3H3. The van der Waals surface area contributed by atoms with Gasteiger partial charge < -0.3 is 14.2 Å². The van der Waals surface area contributed by atoms with Gasteiger partial charge in [0.15, 0.2) is 11.5 Å². The number of ether oxygens (including phenoxy) is 3. The highest BCUT2D eigenvalue weighted by Gasteiger charge is 2.21. The minimum Gasteiger partial charge on any atom is -0.493 e. The molecular formula is C22H23NO5S. The van der Waals surface area contributed by atoms with Crippen molar-refractivity contribution in [2.24, 2.45) is 0 Å². The van der Waals surface area contributed by atoms with Crippen molar-refractivity contribution < 1.29 is 22.6 Å². The Morgan fingerprint density at radius 1 is 0.793 bits per heavy atom. The molecule has 0 radical (unpaired) electrons. The van der Waals surface area contributed by atoms with Gasteiger partial charge in [-0.15, -0.1) is 0 Å². The van der Waals surface area contributed by atoms with Gasteiger partial charge in [-0.25, -0.2) is 8.42 Å². The second-order valence-corrected chi connectivity index (χ2v) is 8.38. The quantitative estimate of drug-likeness (QED) is 0.550. The summed E-state index contributed by atoms with van der Waals surface area (Å²) in [6.45, 7) is 0.199. The molecule has 0 aliphatic rings. The van der Waals surface area contributed by atoms with Crippen LogP contribution >= 0.6 is 0 Å². The van der Waals surface area contributed by atoms with E-state index < -0.39 is 10.0 Å². The maximum absolute atomic E-state index is 12.9. The summed E-state index contributed by atoms with van der Waals surface area (Å²) in [5.41, 5.74) is 0.790. The second-order valence-electron chi connectivity index (χ2n) is 6.34. The first-order chi connectivity index (χ1) is 13.9. The van der Waals surface area contributed by atoms with Gasteiger partial charge in [-0.1, -0.05) is 24.3 Å². The molecular weight excluding hydrogens is 390 g/mol. The van der Waals surface area contributed by atoms with E-state index in [1.54, 1.807) is 57.7 Å². The van der Waals surface area contributed by atoms with E-state index >= 15 is 0 Å². The van der Waals surface area contributed by atoms with E-state index in [2.05, 4.69) is 0 Å². The molecule has 3 aromatic carbocycles. The zero-order valence-corrected chi connectivity index (χ0v) is 17.3. The third-order valence-electron chi connectivity index (χ3n) is 4.36. The Morgan fingerprint density at radius 3 is 2.03 bits per heavy atom. The fourth-order valence-corrected chi connectivity index (χ4v) is 3.96. The molecule has 0 saturated carbocycles. The van der Waals surface area contributed by atoms with Crippen molar-refractivity contribution in [3.05, 3.63) is 78.4 Å². The first-order valence-electron chi connectivity index (χ1n) is 8.94. The number of hydrogen-bond donors (Lipinski definition) is 0. The summed E-state index contributed by atoms with van der Waals surface area (Å²) in [5.74, 6) is 2.40. The Bertz CT molecular complexity index is 1050. The fourth-order valence-electron chi connectivity index (χ4n) is 2.81. The first kappa shape index (κ1) is 20.7. The molecule has 152 valence electrons. The van der Waals surface area contributed by atoms with Gasteiger partial charge in [0.25, 0.3) is 0 Å². The minimum absolute atomic E-state index is 0.195. The van der Waals surface area contributed by atoms with Crippen molar-refractivity contribution in [2.75, 3.05) is 21.3 Å². The molecule has 0 aliphatic heterocycles. The Labute approximate surface area is 171 Å². The molecule has 0 N–H and O–H groups in total. The Hall–Kier alpha value is -3.03. The number of hydrogen-bond acceptors (Lipinski definition) is 5. The number of para-hydroxylation sites is 1. The van der Waals surface area contributed by atoms with Crippen molar-refractivity contribution in [3.8, 4) is 23.0 Å². The molecule has 0 heterocycles. The van der Waals surface area contributed by atoms with Crippen molar-refractivity contribution in [1.29, 1.82) is 0 Å². The monoisotopic (exact) mass is 413 g/mol. The second kappa shape index (κ2) is 8.98. The molecule has 0 saturated heterocycles. The highest BCUT2D eigenvalue weighted by molar-refractivity contribution is 7.89. The molecule has 3 rings (SSSR count). The zero-order valence-electron chi connectivity index (χ0n) is 16.5. The molecule has 0 fully saturated rings. The van der Waals surface area contributed by atoms with Gasteiger partial charge in [0.05, 0.1) is 19.1 Å². The van der Waals surface area contributed by atoms with Crippen molar-refractivity contribution in [2.45, 2.75) is 11.4 Å². The normalized spacial score (nSPS) is 11.3. The maximum Gasteiger partial charge on any atom is 0.243 e. The summed E-state index contributed by atoms with van der Waals surface area (Å²) < 4.78 is 43.3. The number of rotatable bonds is 8. The highest BCUT2D eigenvalue weighted by Crippen LogP contribution is 2.29. The lowest BCUT2D eigenvalue weighted by atomic mass is 10.2. The molecule has 6 nitrogen and oxygen atoms in total. The molecule has 0 unspecified atom stereocenters. The SMILES string of the molecule is COc1ccc(CN(C)S(=O)(=O)c2ccc(Oc3ccccc3)cc2)cc1OC. The van der Waals surface area contributed by atoms with Crippen LogP contribution < -0.4 is 14.2 Å². The molecule has 7 heteroatoms. The predicted molar refractivity (Wildman–Crippen MR) is 111 cm³/mol. The summed E-state index contributed by atoms with van der Waals surface area (Å²) >= 11 is 0. The van der Waals surface area contributed by atoms with Crippen LogP contribution in [-0.2, 0) is 16.6 Å². The molecule has 0 atom stereocenters. The van der Waals surface area contributed by atoms with E-state index in [-0.39, 0.29) is 11.4 Å². The summed E-state index contributed by atoms with van der Waals surface area (Å²) in [6.07, 6.45) is 0. The van der Waals surface area contributed by atoms with Gasteiger partial charge in [-0.2, -0.15) is 4.31 Å². The van der Waals surface area contributed by atoms with Crippen LogP contribution in [-0.4, -0.2) is 34.0 Å². The van der Waals surface area contributed by atoms with E-state index in [1.165, 1.54) is 4.31 Å². The van der Waals surface area contributed by atoms with Gasteiger partial charge in [-0.3, -0.25) is 0 Å². The lowest BCUT2D eigenvalue weighted by Gasteiger charge is -2.18. The van der Waals surface area contributed by atoms with Gasteiger partial charge in [-0.05, 0) is 54.1 Å². The third-order valence-corrected chi connectivity index (χ3v) is 6.18. The summed E-state index contributed by atoms with van der Waals surface area (Å²) in [7, 11) is 0.983. The van der Waals surface area contributed by atoms with Crippen LogP contribution in [0, 0.1) is 0 Å². The molecule has 0 aliphatic carbocycles. The van der Waals surface area contributed by atoms with Crippen LogP contribution in [0.4, 0.5) is 0 Å². The van der Waals surface area contributed by atoms with Crippen LogP contribution in [0.1, 0.15) is 5.56 Å². The molecule has 0 spiro atoms. The minimum atomic E-state index is -3.66. The summed E-state index contributed by atoms with van der Waals surface area (Å²) in [6, 6.07) is 21.0. The Kier molecular flexibility index (Phi) is 6.41. The van der Waals surface area contributed by atoms with Gasteiger partial charge >= 0.3 is 0 Å². The highest BCUT2D eigenvalue weighted by atomic mass is 32.2. The van der Waals surface area contributed by atoms with Crippen LogP contribution in [0.15, 0.2) is 77.7 Å². The average Bonchev–Trinajstić information content (AvgIpc) is 2.74. The molecule has 0 bridgehead atoms. The van der Waals surface area contributed by atoms with Gasteiger partial charge in [0, 0.05) is 13.6 Å². The lowest BCUT2D eigenvalue weighted by molar-refractivity contribution is 0.354. The van der Waals surface area contributed by atoms with E-state index in [1.807, 2.05) is 36.4 Å². The maximum atomic E-state index is 12.9. The van der Waals surface area contributed by atoms with Crippen LogP contribution in [0.2, 0.25) is 0 Å². The third kappa shape index (κ3) is 4.88. The number of nitrogens with zero attached hydrogens (tertiary/aromatic N) is 1. The molecule has 0 amide bonds. The molecule has 3 aromatic rings. The van der Waals surface area contributed by atoms with Gasteiger partial charge in [0.2, 0.25) is 10.0 Å². The van der Waals surface area contributed by atoms with Crippen molar-refractivity contribution >= 4 is 10.0 Å². The fraction of sp³-hybridized carbons (Fsp3) is 0.182.